The van der Waals surface area contributed by atoms with Crippen LogP contribution in [0.25, 0.3) is 21.9 Å². The Bertz CT molecular complexity index is 915. The fraction of sp³-hybridized carbons (Fsp3) is 0.190. The van der Waals surface area contributed by atoms with Crippen molar-refractivity contribution in [2.45, 2.75) is 6.92 Å². The van der Waals surface area contributed by atoms with E-state index in [1.807, 2.05) is 54.6 Å². The Morgan fingerprint density at radius 1 is 0.920 bits per heavy atom. The van der Waals surface area contributed by atoms with Gasteiger partial charge in [0.05, 0.1) is 26.4 Å². The zero-order chi connectivity index (χ0) is 17.8. The highest BCUT2D eigenvalue weighted by Crippen LogP contribution is 2.36. The average Bonchev–Trinajstić information content (AvgIpc) is 2.66. The van der Waals surface area contributed by atoms with Gasteiger partial charge < -0.3 is 14.2 Å². The van der Waals surface area contributed by atoms with Crippen LogP contribution >= 0.6 is 0 Å². The van der Waals surface area contributed by atoms with E-state index in [0.717, 1.165) is 33.4 Å². The number of benzene rings is 3. The molecule has 4 heteroatoms. The smallest absolute Gasteiger partial charge is 0.338 e. The molecular weight excluding hydrogens is 316 g/mol. The SMILES string of the molecule is CCOC(=O)c1ccc2ccc(OC)cc2c1-c1cccc(OC)c1. The van der Waals surface area contributed by atoms with Gasteiger partial charge in [0, 0.05) is 5.56 Å². The summed E-state index contributed by atoms with van der Waals surface area (Å²) < 4.78 is 16.0. The van der Waals surface area contributed by atoms with Gasteiger partial charge in [0.2, 0.25) is 0 Å². The van der Waals surface area contributed by atoms with E-state index < -0.39 is 0 Å². The predicted octanol–water partition coefficient (Wildman–Crippen LogP) is 4.70. The highest BCUT2D eigenvalue weighted by atomic mass is 16.5. The molecule has 0 radical (unpaired) electrons. The molecule has 0 aromatic heterocycles. The van der Waals surface area contributed by atoms with Crippen molar-refractivity contribution >= 4 is 16.7 Å². The fourth-order valence-electron chi connectivity index (χ4n) is 2.89. The summed E-state index contributed by atoms with van der Waals surface area (Å²) >= 11 is 0. The van der Waals surface area contributed by atoms with Crippen LogP contribution < -0.4 is 9.47 Å². The maximum atomic E-state index is 12.5. The lowest BCUT2D eigenvalue weighted by molar-refractivity contribution is 0.0527. The van der Waals surface area contributed by atoms with Crippen LogP contribution in [0.15, 0.2) is 54.6 Å². The van der Waals surface area contributed by atoms with Gasteiger partial charge in [0.1, 0.15) is 11.5 Å². The molecule has 0 atom stereocenters. The first-order valence-electron chi connectivity index (χ1n) is 8.10. The molecule has 0 aliphatic heterocycles. The van der Waals surface area contributed by atoms with Gasteiger partial charge in [-0.05, 0) is 53.6 Å². The number of rotatable bonds is 5. The fourth-order valence-corrected chi connectivity index (χ4v) is 2.89. The average molecular weight is 336 g/mol. The van der Waals surface area contributed by atoms with Crippen LogP contribution in [-0.2, 0) is 4.74 Å². The predicted molar refractivity (Wildman–Crippen MR) is 98.4 cm³/mol. The van der Waals surface area contributed by atoms with E-state index in [4.69, 9.17) is 14.2 Å². The van der Waals surface area contributed by atoms with Gasteiger partial charge in [0.15, 0.2) is 0 Å². The van der Waals surface area contributed by atoms with E-state index in [1.165, 1.54) is 0 Å². The quantitative estimate of drug-likeness (QED) is 0.634. The standard InChI is InChI=1S/C21H20O4/c1-4-25-21(22)18-11-9-14-8-10-17(24-3)13-19(14)20(18)15-6-5-7-16(12-15)23-2/h5-13H,4H2,1-3H3. The molecule has 25 heavy (non-hydrogen) atoms. The maximum Gasteiger partial charge on any atom is 0.338 e. The van der Waals surface area contributed by atoms with E-state index in [9.17, 15) is 4.79 Å². The zero-order valence-electron chi connectivity index (χ0n) is 14.5. The van der Waals surface area contributed by atoms with Gasteiger partial charge in [-0.15, -0.1) is 0 Å². The van der Waals surface area contributed by atoms with E-state index in [1.54, 1.807) is 21.1 Å². The number of carbonyl (C=O) groups is 1. The summed E-state index contributed by atoms with van der Waals surface area (Å²) in [6.07, 6.45) is 0. The highest BCUT2D eigenvalue weighted by Gasteiger charge is 2.18. The maximum absolute atomic E-state index is 12.5. The normalized spacial score (nSPS) is 10.5. The summed E-state index contributed by atoms with van der Waals surface area (Å²) in [7, 11) is 3.25. The number of carbonyl (C=O) groups excluding carboxylic acids is 1. The number of hydrogen-bond acceptors (Lipinski definition) is 4. The Hall–Kier alpha value is -3.01. The molecule has 0 N–H and O–H groups in total. The number of esters is 1. The second-order valence-corrected chi connectivity index (χ2v) is 5.53. The highest BCUT2D eigenvalue weighted by molar-refractivity contribution is 6.08. The molecule has 0 heterocycles. The van der Waals surface area contributed by atoms with Crippen molar-refractivity contribution in [3.8, 4) is 22.6 Å². The van der Waals surface area contributed by atoms with Crippen LogP contribution in [-0.4, -0.2) is 26.8 Å². The van der Waals surface area contributed by atoms with Crippen molar-refractivity contribution in [1.29, 1.82) is 0 Å². The second kappa shape index (κ2) is 7.26. The monoisotopic (exact) mass is 336 g/mol. The number of hydrogen-bond donors (Lipinski definition) is 0. The number of ether oxygens (including phenoxy) is 3. The molecule has 3 aromatic carbocycles. The number of methoxy groups -OCH3 is 2. The van der Waals surface area contributed by atoms with Crippen LogP contribution in [0.1, 0.15) is 17.3 Å². The van der Waals surface area contributed by atoms with Crippen LogP contribution in [0.4, 0.5) is 0 Å². The van der Waals surface area contributed by atoms with Crippen molar-refractivity contribution in [3.63, 3.8) is 0 Å². The molecular formula is C21H20O4. The summed E-state index contributed by atoms with van der Waals surface area (Å²) in [5.41, 5.74) is 2.23. The van der Waals surface area contributed by atoms with Crippen LogP contribution in [0.5, 0.6) is 11.5 Å². The Labute approximate surface area is 146 Å². The first-order chi connectivity index (χ1) is 12.2. The van der Waals surface area contributed by atoms with Gasteiger partial charge in [0.25, 0.3) is 0 Å². The summed E-state index contributed by atoms with van der Waals surface area (Å²) in [5, 5.41) is 1.95. The lowest BCUT2D eigenvalue weighted by Crippen LogP contribution is -2.07. The molecule has 0 bridgehead atoms. The molecule has 0 spiro atoms. The lowest BCUT2D eigenvalue weighted by Gasteiger charge is -2.14. The number of fused-ring (bicyclic) bond motifs is 1. The Kier molecular flexibility index (Phi) is 4.89. The van der Waals surface area contributed by atoms with E-state index in [2.05, 4.69) is 0 Å². The van der Waals surface area contributed by atoms with Crippen molar-refractivity contribution < 1.29 is 19.0 Å². The van der Waals surface area contributed by atoms with Crippen LogP contribution in [0, 0.1) is 0 Å². The van der Waals surface area contributed by atoms with Gasteiger partial charge >= 0.3 is 5.97 Å². The third-order valence-corrected chi connectivity index (χ3v) is 4.08. The third kappa shape index (κ3) is 3.29. The molecule has 0 aliphatic carbocycles. The summed E-state index contributed by atoms with van der Waals surface area (Å²) in [6.45, 7) is 2.12. The minimum atomic E-state index is -0.343. The Morgan fingerprint density at radius 3 is 2.36 bits per heavy atom. The van der Waals surface area contributed by atoms with Crippen LogP contribution in [0.3, 0.4) is 0 Å². The molecule has 3 rings (SSSR count). The third-order valence-electron chi connectivity index (χ3n) is 4.08. The second-order valence-electron chi connectivity index (χ2n) is 5.53. The van der Waals surface area contributed by atoms with Gasteiger partial charge in [-0.25, -0.2) is 4.79 Å². The molecule has 3 aromatic rings. The molecule has 0 unspecified atom stereocenters. The molecule has 0 saturated heterocycles. The van der Waals surface area contributed by atoms with Gasteiger partial charge in [-0.3, -0.25) is 0 Å². The van der Waals surface area contributed by atoms with E-state index in [0.29, 0.717) is 12.2 Å². The van der Waals surface area contributed by atoms with Crippen molar-refractivity contribution in [2.75, 3.05) is 20.8 Å². The molecule has 128 valence electrons. The summed E-state index contributed by atoms with van der Waals surface area (Å²) in [4.78, 5) is 12.5. The minimum Gasteiger partial charge on any atom is -0.497 e. The van der Waals surface area contributed by atoms with E-state index in [-0.39, 0.29) is 5.97 Å². The van der Waals surface area contributed by atoms with Crippen molar-refractivity contribution in [2.24, 2.45) is 0 Å². The first-order valence-corrected chi connectivity index (χ1v) is 8.10. The van der Waals surface area contributed by atoms with Crippen LogP contribution in [0.2, 0.25) is 0 Å². The zero-order valence-corrected chi connectivity index (χ0v) is 14.5. The van der Waals surface area contributed by atoms with E-state index >= 15 is 0 Å². The topological polar surface area (TPSA) is 44.8 Å². The summed E-state index contributed by atoms with van der Waals surface area (Å²) in [5.74, 6) is 1.12. The molecule has 4 nitrogen and oxygen atoms in total. The van der Waals surface area contributed by atoms with Crippen molar-refractivity contribution in [3.05, 3.63) is 60.2 Å². The van der Waals surface area contributed by atoms with Gasteiger partial charge in [-0.2, -0.15) is 0 Å². The molecule has 0 amide bonds. The van der Waals surface area contributed by atoms with Crippen molar-refractivity contribution in [1.82, 2.24) is 0 Å². The lowest BCUT2D eigenvalue weighted by atomic mass is 9.93. The minimum absolute atomic E-state index is 0.326. The summed E-state index contributed by atoms with van der Waals surface area (Å²) in [6, 6.07) is 17.2. The Balaban J connectivity index is 2.33. The molecule has 0 fully saturated rings. The van der Waals surface area contributed by atoms with Gasteiger partial charge in [-0.1, -0.05) is 24.3 Å². The molecule has 0 saturated carbocycles. The molecule has 0 aliphatic rings. The largest absolute Gasteiger partial charge is 0.497 e. The first kappa shape index (κ1) is 16.8. The Morgan fingerprint density at radius 2 is 1.64 bits per heavy atom.